The third-order valence-electron chi connectivity index (χ3n) is 12.5. The van der Waals surface area contributed by atoms with Crippen molar-refractivity contribution in [3.8, 4) is 11.5 Å². The molecule has 316 valence electrons. The van der Waals surface area contributed by atoms with Crippen molar-refractivity contribution in [2.24, 2.45) is 23.7 Å². The fourth-order valence-corrected chi connectivity index (χ4v) is 10.9. The van der Waals surface area contributed by atoms with E-state index in [9.17, 15) is 45.8 Å². The van der Waals surface area contributed by atoms with Gasteiger partial charge in [-0.1, -0.05) is 59.4 Å². The predicted octanol–water partition coefficient (Wildman–Crippen LogP) is 5.26. The number of phosphoric acid groups is 1. The van der Waals surface area contributed by atoms with Gasteiger partial charge in [-0.25, -0.2) is 0 Å². The van der Waals surface area contributed by atoms with Crippen LogP contribution in [0.5, 0.6) is 11.5 Å². The maximum atomic E-state index is 13.1. The summed E-state index contributed by atoms with van der Waals surface area (Å²) in [4.78, 5) is 22.0. The number of aromatic hydroxyl groups is 1. The minimum Gasteiger partial charge on any atom is -0.780 e. The third-order valence-corrected chi connectivity index (χ3v) is 12.9. The molecule has 0 saturated heterocycles. The summed E-state index contributed by atoms with van der Waals surface area (Å²) >= 11 is 0. The summed E-state index contributed by atoms with van der Waals surface area (Å²) in [7, 11) is -5.29. The van der Waals surface area contributed by atoms with Crippen LogP contribution in [-0.4, -0.2) is 30.7 Å². The fraction of sp³-hybridized carbons (Fsp3) is 0.545. The first-order valence-corrected chi connectivity index (χ1v) is 21.9. The van der Waals surface area contributed by atoms with E-state index < -0.39 is 33.4 Å². The standard InChI is InChI=1S/C22H26F3O5P.C22H25F3O2.2Na/c23-22(24,25)13-29-21(16-7-3-8-17(12-16)30-31(26,27)28)20-15-6-4-10-19(20)18-9-2-1-5-14(18)11-15;23-22(24,25)13-27-21(16-7-3-8-17(26)12-16)20-15-6-4-10-19(20)18-9-2-1-5-14(18)11-15;;/h3,7-8,12,15,19H,1-2,4-6,9-11,13H2,(H2,26,27,28);3,7-8,12,15,19,26H,1-2,4-6,9-11,13H2;;/q;;2*+1/p-2/b2*21-20+;;. The minimum absolute atomic E-state index is 0. The zero-order valence-electron chi connectivity index (χ0n) is 34.3. The number of benzene rings is 2. The van der Waals surface area contributed by atoms with Gasteiger partial charge in [-0.15, -0.1) is 0 Å². The number of phenolic OH excluding ortho intramolecular Hbond substituents is 1. The number of ether oxygens (including phenoxy) is 2. The van der Waals surface area contributed by atoms with Gasteiger partial charge in [0.1, 0.15) is 30.8 Å². The molecule has 6 aliphatic carbocycles. The summed E-state index contributed by atoms with van der Waals surface area (Å²) in [6.45, 7) is -2.74. The van der Waals surface area contributed by atoms with Crippen molar-refractivity contribution in [3.05, 3.63) is 93.1 Å². The van der Waals surface area contributed by atoms with Gasteiger partial charge in [0.15, 0.2) is 13.2 Å². The number of phenols is 1. The van der Waals surface area contributed by atoms with Gasteiger partial charge in [-0.2, -0.15) is 26.3 Å². The Labute approximate surface area is 391 Å². The topological polar surface area (TPSA) is 111 Å². The van der Waals surface area contributed by atoms with Crippen molar-refractivity contribution in [2.75, 3.05) is 13.2 Å². The Morgan fingerprint density at radius 3 is 1.55 bits per heavy atom. The fourth-order valence-electron chi connectivity index (χ4n) is 10.5. The maximum Gasteiger partial charge on any atom is 1.00 e. The van der Waals surface area contributed by atoms with E-state index in [4.69, 9.17) is 9.47 Å². The average molecular weight is 881 g/mol. The molecule has 2 saturated carbocycles. The second kappa shape index (κ2) is 20.9. The van der Waals surface area contributed by atoms with Crippen LogP contribution in [0.15, 0.2) is 82.0 Å². The summed E-state index contributed by atoms with van der Waals surface area (Å²) < 4.78 is 104. The van der Waals surface area contributed by atoms with E-state index in [2.05, 4.69) is 4.52 Å². The van der Waals surface area contributed by atoms with Crippen molar-refractivity contribution in [2.45, 2.75) is 115 Å². The number of hydrogen-bond acceptors (Lipinski definition) is 7. The van der Waals surface area contributed by atoms with Gasteiger partial charge >= 0.3 is 71.5 Å². The number of alkyl halides is 6. The zero-order valence-corrected chi connectivity index (χ0v) is 39.2. The Bertz CT molecular complexity index is 2020. The molecule has 16 heteroatoms. The smallest absolute Gasteiger partial charge is 0.780 e. The number of rotatable bonds is 8. The molecule has 2 fully saturated rings. The molecule has 4 bridgehead atoms. The monoisotopic (exact) mass is 880 g/mol. The zero-order chi connectivity index (χ0) is 41.2. The van der Waals surface area contributed by atoms with Crippen LogP contribution in [0, 0.1) is 23.7 Å². The largest absolute Gasteiger partial charge is 1.00 e. The molecule has 2 aromatic carbocycles. The number of hydrogen-bond donors (Lipinski definition) is 1. The number of phosphoric ester groups is 1. The van der Waals surface area contributed by atoms with Crippen LogP contribution < -0.4 is 73.4 Å². The van der Waals surface area contributed by atoms with E-state index in [0.717, 1.165) is 107 Å². The van der Waals surface area contributed by atoms with E-state index in [0.29, 0.717) is 16.9 Å². The van der Waals surface area contributed by atoms with Crippen LogP contribution >= 0.6 is 7.82 Å². The molecular formula is C44H49F6Na2O7P. The second-order valence-electron chi connectivity index (χ2n) is 16.4. The van der Waals surface area contributed by atoms with Gasteiger partial charge < -0.3 is 33.5 Å². The van der Waals surface area contributed by atoms with Gasteiger partial charge in [-0.3, -0.25) is 0 Å². The quantitative estimate of drug-likeness (QED) is 0.127. The van der Waals surface area contributed by atoms with Crippen molar-refractivity contribution in [1.82, 2.24) is 0 Å². The van der Waals surface area contributed by atoms with E-state index in [1.54, 1.807) is 23.8 Å². The molecule has 0 aliphatic heterocycles. The molecule has 0 spiro atoms. The van der Waals surface area contributed by atoms with Crippen LogP contribution in [0.4, 0.5) is 26.3 Å². The SMILES string of the molecule is O=P([O-])([O-])Oc1cccc(/C(OCC(F)(F)F)=C2/C3CCCC2C2=C(CCCC2)C3)c1.Oc1cccc(/C(OCC(F)(F)F)=C2/C3CCCC2C2=C(CCCC2)C3)c1.[Na+].[Na+]. The van der Waals surface area contributed by atoms with Crippen LogP contribution in [0.25, 0.3) is 11.5 Å². The Morgan fingerprint density at radius 2 is 1.10 bits per heavy atom. The third kappa shape index (κ3) is 12.5. The first-order valence-electron chi connectivity index (χ1n) is 20.4. The van der Waals surface area contributed by atoms with Gasteiger partial charge in [0.25, 0.3) is 0 Å². The Hall–Kier alpha value is -1.67. The Balaban J connectivity index is 0.000000222. The molecule has 0 radical (unpaired) electrons. The van der Waals surface area contributed by atoms with E-state index in [1.165, 1.54) is 53.5 Å². The van der Waals surface area contributed by atoms with E-state index in [-0.39, 0.29) is 100 Å². The number of halogens is 6. The minimum atomic E-state index is -5.29. The van der Waals surface area contributed by atoms with Crippen LogP contribution in [0.1, 0.15) is 114 Å². The molecule has 0 heterocycles. The second-order valence-corrected chi connectivity index (χ2v) is 17.5. The first kappa shape index (κ1) is 49.3. The molecule has 4 unspecified atom stereocenters. The molecule has 0 aromatic heterocycles. The predicted molar refractivity (Wildman–Crippen MR) is 203 cm³/mol. The molecule has 7 nitrogen and oxygen atoms in total. The van der Waals surface area contributed by atoms with Crippen LogP contribution in [-0.2, 0) is 14.0 Å². The molecule has 0 amide bonds. The molecule has 1 N–H and O–H groups in total. The maximum absolute atomic E-state index is 13.1. The Kier molecular flexibility index (Phi) is 17.2. The van der Waals surface area contributed by atoms with Crippen molar-refractivity contribution in [3.63, 3.8) is 0 Å². The summed E-state index contributed by atoms with van der Waals surface area (Å²) in [6.07, 6.45) is 7.60. The van der Waals surface area contributed by atoms with Crippen LogP contribution in [0.3, 0.4) is 0 Å². The molecule has 4 atom stereocenters. The summed E-state index contributed by atoms with van der Waals surface area (Å²) in [6, 6.07) is 12.0. The van der Waals surface area contributed by atoms with Gasteiger partial charge in [-0.05, 0) is 137 Å². The van der Waals surface area contributed by atoms with Crippen molar-refractivity contribution >= 4 is 19.3 Å². The Morgan fingerprint density at radius 1 is 0.650 bits per heavy atom. The van der Waals surface area contributed by atoms with E-state index in [1.807, 2.05) is 0 Å². The number of fused-ring (bicyclic) bond motifs is 6. The summed E-state index contributed by atoms with van der Waals surface area (Å²) in [5.41, 5.74) is 8.56. The molecule has 6 aliphatic rings. The normalized spacial score (nSPS) is 25.5. The summed E-state index contributed by atoms with van der Waals surface area (Å²) in [5, 5.41) is 9.87. The summed E-state index contributed by atoms with van der Waals surface area (Å²) in [5.74, 6) is 0.910. The number of allylic oxidation sites excluding steroid dienone is 6. The molecule has 8 rings (SSSR count). The van der Waals surface area contributed by atoms with Crippen molar-refractivity contribution < 1.29 is 119 Å². The van der Waals surface area contributed by atoms with Gasteiger partial charge in [0.05, 0.1) is 0 Å². The van der Waals surface area contributed by atoms with E-state index >= 15 is 0 Å². The van der Waals surface area contributed by atoms with Crippen LogP contribution in [0.2, 0.25) is 0 Å². The molecule has 60 heavy (non-hydrogen) atoms. The van der Waals surface area contributed by atoms with Gasteiger partial charge in [0.2, 0.25) is 0 Å². The molecular weight excluding hydrogens is 831 g/mol. The van der Waals surface area contributed by atoms with Gasteiger partial charge in [0, 0.05) is 23.0 Å². The first-order chi connectivity index (χ1) is 27.5. The molecule has 2 aromatic rings. The van der Waals surface area contributed by atoms with Crippen molar-refractivity contribution in [1.29, 1.82) is 0 Å². The average Bonchev–Trinajstić information content (AvgIpc) is 3.14.